The Morgan fingerprint density at radius 1 is 1.41 bits per heavy atom. The molecule has 0 aliphatic heterocycles. The van der Waals surface area contributed by atoms with E-state index in [2.05, 4.69) is 40.7 Å². The van der Waals surface area contributed by atoms with Gasteiger partial charge in [0.1, 0.15) is 6.61 Å². The lowest BCUT2D eigenvalue weighted by Gasteiger charge is -2.04. The molecule has 1 saturated carbocycles. The summed E-state index contributed by atoms with van der Waals surface area (Å²) >= 11 is 1.80. The molecule has 0 bridgehead atoms. The predicted octanol–water partition coefficient (Wildman–Crippen LogP) is 3.52. The van der Waals surface area contributed by atoms with Crippen molar-refractivity contribution >= 4 is 17.7 Å². The van der Waals surface area contributed by atoms with Crippen LogP contribution in [0.2, 0.25) is 0 Å². The number of allylic oxidation sites excluding steroid dienone is 2. The molecule has 0 saturated heterocycles. The molecule has 0 amide bonds. The molecule has 0 heterocycles. The molecular weight excluding hydrogens is 232 g/mol. The van der Waals surface area contributed by atoms with Crippen LogP contribution < -0.4 is 0 Å². The molecule has 1 aliphatic carbocycles. The molecule has 3 heteroatoms. The van der Waals surface area contributed by atoms with Crippen LogP contribution in [-0.4, -0.2) is 24.1 Å². The van der Waals surface area contributed by atoms with Crippen molar-refractivity contribution in [1.82, 2.24) is 0 Å². The molecule has 0 aromatic carbocycles. The van der Waals surface area contributed by atoms with Gasteiger partial charge < -0.3 is 4.74 Å². The standard InChI is InChI=1S/C14H24O2S/c1-6-17-8-7-16-13(15)12-11(9-10(2)3)14(12,4)5/h9,11-12H,6-8H2,1-5H3/t11-,12+/m0/s1. The van der Waals surface area contributed by atoms with Gasteiger partial charge in [0.05, 0.1) is 5.92 Å². The predicted molar refractivity (Wildman–Crippen MR) is 74.2 cm³/mol. The summed E-state index contributed by atoms with van der Waals surface area (Å²) in [5, 5.41) is 0. The Kier molecular flexibility index (Phi) is 5.11. The first-order valence-electron chi connectivity index (χ1n) is 6.30. The number of carbonyl (C=O) groups is 1. The Bertz CT molecular complexity index is 303. The summed E-state index contributed by atoms with van der Waals surface area (Å²) in [6.07, 6.45) is 2.20. The Balaban J connectivity index is 2.41. The third-order valence-corrected chi connectivity index (χ3v) is 4.22. The van der Waals surface area contributed by atoms with Gasteiger partial charge in [0.25, 0.3) is 0 Å². The van der Waals surface area contributed by atoms with Crippen LogP contribution in [-0.2, 0) is 9.53 Å². The summed E-state index contributed by atoms with van der Waals surface area (Å²) in [6, 6.07) is 0. The molecule has 1 fully saturated rings. The zero-order valence-electron chi connectivity index (χ0n) is 11.6. The molecule has 0 aromatic heterocycles. The minimum Gasteiger partial charge on any atom is -0.465 e. The lowest BCUT2D eigenvalue weighted by molar-refractivity contribution is -0.145. The molecule has 0 N–H and O–H groups in total. The van der Waals surface area contributed by atoms with Crippen molar-refractivity contribution in [3.05, 3.63) is 11.6 Å². The smallest absolute Gasteiger partial charge is 0.310 e. The number of ether oxygens (including phenoxy) is 1. The minimum atomic E-state index is -0.0193. The topological polar surface area (TPSA) is 26.3 Å². The zero-order valence-corrected chi connectivity index (χ0v) is 12.4. The average Bonchev–Trinajstić information content (AvgIpc) is 2.74. The molecule has 0 aromatic rings. The maximum atomic E-state index is 11.9. The molecule has 0 radical (unpaired) electrons. The Morgan fingerprint density at radius 2 is 2.06 bits per heavy atom. The number of carbonyl (C=O) groups excluding carboxylic acids is 1. The van der Waals surface area contributed by atoms with E-state index in [4.69, 9.17) is 4.74 Å². The van der Waals surface area contributed by atoms with Crippen molar-refractivity contribution in [2.75, 3.05) is 18.1 Å². The van der Waals surface area contributed by atoms with Gasteiger partial charge in [-0.3, -0.25) is 4.79 Å². The van der Waals surface area contributed by atoms with E-state index in [0.29, 0.717) is 12.5 Å². The fourth-order valence-corrected chi connectivity index (χ4v) is 2.72. The number of esters is 1. The molecular formula is C14H24O2S. The number of hydrogen-bond donors (Lipinski definition) is 0. The third kappa shape index (κ3) is 3.77. The fraction of sp³-hybridized carbons (Fsp3) is 0.786. The summed E-state index contributed by atoms with van der Waals surface area (Å²) in [5.74, 6) is 2.38. The van der Waals surface area contributed by atoms with Crippen LogP contribution in [0.5, 0.6) is 0 Å². The lowest BCUT2D eigenvalue weighted by Crippen LogP contribution is -2.12. The van der Waals surface area contributed by atoms with Gasteiger partial charge in [0.2, 0.25) is 0 Å². The van der Waals surface area contributed by atoms with Gasteiger partial charge in [0, 0.05) is 5.75 Å². The van der Waals surface area contributed by atoms with Crippen LogP contribution in [0.4, 0.5) is 0 Å². The monoisotopic (exact) mass is 256 g/mol. The highest BCUT2D eigenvalue weighted by Crippen LogP contribution is 2.59. The summed E-state index contributed by atoms with van der Waals surface area (Å²) in [7, 11) is 0. The van der Waals surface area contributed by atoms with Gasteiger partial charge >= 0.3 is 5.97 Å². The summed E-state index contributed by atoms with van der Waals surface area (Å²) in [6.45, 7) is 11.1. The van der Waals surface area contributed by atoms with Crippen LogP contribution in [0.1, 0.15) is 34.6 Å². The zero-order chi connectivity index (χ0) is 13.1. The molecule has 17 heavy (non-hydrogen) atoms. The molecule has 0 spiro atoms. The summed E-state index contributed by atoms with van der Waals surface area (Å²) in [5.41, 5.74) is 1.35. The van der Waals surface area contributed by atoms with Crippen molar-refractivity contribution in [2.24, 2.45) is 17.3 Å². The molecule has 0 unspecified atom stereocenters. The normalized spacial score (nSPS) is 25.2. The molecule has 1 rings (SSSR count). The van der Waals surface area contributed by atoms with E-state index in [-0.39, 0.29) is 17.3 Å². The van der Waals surface area contributed by atoms with Crippen LogP contribution in [0, 0.1) is 17.3 Å². The highest BCUT2D eigenvalue weighted by atomic mass is 32.2. The van der Waals surface area contributed by atoms with Crippen LogP contribution >= 0.6 is 11.8 Å². The van der Waals surface area contributed by atoms with E-state index in [1.165, 1.54) is 5.57 Å². The molecule has 98 valence electrons. The summed E-state index contributed by atoms with van der Waals surface area (Å²) in [4.78, 5) is 11.9. The summed E-state index contributed by atoms with van der Waals surface area (Å²) < 4.78 is 5.33. The van der Waals surface area contributed by atoms with Gasteiger partial charge in [-0.15, -0.1) is 0 Å². The highest BCUT2D eigenvalue weighted by molar-refractivity contribution is 7.99. The number of hydrogen-bond acceptors (Lipinski definition) is 3. The van der Waals surface area contributed by atoms with E-state index in [1.54, 1.807) is 11.8 Å². The third-order valence-electron chi connectivity index (χ3n) is 3.35. The molecule has 2 atom stereocenters. The van der Waals surface area contributed by atoms with E-state index in [9.17, 15) is 4.79 Å². The van der Waals surface area contributed by atoms with Gasteiger partial charge in [0.15, 0.2) is 0 Å². The van der Waals surface area contributed by atoms with E-state index >= 15 is 0 Å². The van der Waals surface area contributed by atoms with Crippen LogP contribution in [0.15, 0.2) is 11.6 Å². The van der Waals surface area contributed by atoms with Crippen molar-refractivity contribution in [2.45, 2.75) is 34.6 Å². The SMILES string of the molecule is CCSCCOC(=O)[C@H]1[C@H](C=C(C)C)C1(C)C. The second-order valence-corrected chi connectivity index (χ2v) is 6.83. The second kappa shape index (κ2) is 5.94. The van der Waals surface area contributed by atoms with Gasteiger partial charge in [-0.25, -0.2) is 0 Å². The minimum absolute atomic E-state index is 0.0193. The Hall–Kier alpha value is -0.440. The van der Waals surface area contributed by atoms with Crippen molar-refractivity contribution < 1.29 is 9.53 Å². The highest BCUT2D eigenvalue weighted by Gasteiger charge is 2.61. The van der Waals surface area contributed by atoms with E-state index in [1.807, 2.05) is 0 Å². The first-order valence-corrected chi connectivity index (χ1v) is 7.46. The quantitative estimate of drug-likeness (QED) is 0.413. The Morgan fingerprint density at radius 3 is 2.59 bits per heavy atom. The van der Waals surface area contributed by atoms with Gasteiger partial charge in [-0.05, 0) is 30.9 Å². The van der Waals surface area contributed by atoms with E-state index in [0.717, 1.165) is 11.5 Å². The van der Waals surface area contributed by atoms with Crippen molar-refractivity contribution in [1.29, 1.82) is 0 Å². The van der Waals surface area contributed by atoms with Crippen molar-refractivity contribution in [3.63, 3.8) is 0 Å². The molecule has 2 nitrogen and oxygen atoms in total. The van der Waals surface area contributed by atoms with Crippen LogP contribution in [0.3, 0.4) is 0 Å². The first kappa shape index (κ1) is 14.6. The lowest BCUT2D eigenvalue weighted by atomic mass is 10.1. The number of thioether (sulfide) groups is 1. The maximum Gasteiger partial charge on any atom is 0.310 e. The van der Waals surface area contributed by atoms with Gasteiger partial charge in [-0.2, -0.15) is 11.8 Å². The Labute approximate surface area is 109 Å². The van der Waals surface area contributed by atoms with E-state index < -0.39 is 0 Å². The van der Waals surface area contributed by atoms with Crippen molar-refractivity contribution in [3.8, 4) is 0 Å². The second-order valence-electron chi connectivity index (χ2n) is 5.43. The average molecular weight is 256 g/mol. The fourth-order valence-electron chi connectivity index (χ4n) is 2.23. The molecule has 1 aliphatic rings. The largest absolute Gasteiger partial charge is 0.465 e. The first-order chi connectivity index (χ1) is 7.91. The maximum absolute atomic E-state index is 11.9. The van der Waals surface area contributed by atoms with Crippen LogP contribution in [0.25, 0.3) is 0 Å². The number of rotatable bonds is 6. The van der Waals surface area contributed by atoms with Gasteiger partial charge in [-0.1, -0.05) is 32.4 Å².